The van der Waals surface area contributed by atoms with E-state index in [4.69, 9.17) is 23.4 Å². The minimum absolute atomic E-state index is 0.0869. The molecule has 0 saturated carbocycles. The molecule has 0 amide bonds. The third-order valence-corrected chi connectivity index (χ3v) is 17.2. The van der Waals surface area contributed by atoms with Crippen molar-refractivity contribution in [3.05, 3.63) is 82.2 Å². The van der Waals surface area contributed by atoms with Gasteiger partial charge in [0.25, 0.3) is 0 Å². The molecule has 3 rings (SSSR count). The second-order valence-electron chi connectivity index (χ2n) is 18.1. The first-order chi connectivity index (χ1) is 26.9. The van der Waals surface area contributed by atoms with E-state index in [0.29, 0.717) is 31.7 Å². The van der Waals surface area contributed by atoms with Gasteiger partial charge in [0.15, 0.2) is 14.6 Å². The van der Waals surface area contributed by atoms with Crippen LogP contribution in [-0.4, -0.2) is 52.2 Å². The number of rotatable bonds is 28. The Labute approximate surface area is 342 Å². The van der Waals surface area contributed by atoms with Gasteiger partial charge in [0, 0.05) is 10.8 Å². The van der Waals surface area contributed by atoms with E-state index in [-0.39, 0.29) is 29.8 Å². The summed E-state index contributed by atoms with van der Waals surface area (Å²) in [4.78, 5) is 3.34. The van der Waals surface area contributed by atoms with Crippen LogP contribution in [0.25, 0.3) is 10.4 Å². The average Bonchev–Trinajstić information content (AvgIpc) is 3.18. The Bertz CT molecular complexity index is 1350. The summed E-state index contributed by atoms with van der Waals surface area (Å²) in [6, 6.07) is 19.8. The van der Waals surface area contributed by atoms with Crippen molar-refractivity contribution in [2.75, 3.05) is 13.2 Å². The Morgan fingerprint density at radius 1 is 0.732 bits per heavy atom. The zero-order chi connectivity index (χ0) is 40.8. The van der Waals surface area contributed by atoms with Crippen LogP contribution < -0.4 is 0 Å². The summed E-state index contributed by atoms with van der Waals surface area (Å²) in [5.41, 5.74) is 12.1. The number of benzene rings is 2. The Hall–Kier alpha value is -2.23. The lowest BCUT2D eigenvalue weighted by Crippen LogP contribution is -2.51. The molecule has 2 unspecified atom stereocenters. The number of unbranched alkanes of at least 4 members (excludes halogenated alkanes) is 11. The first-order valence-corrected chi connectivity index (χ1v) is 25.0. The van der Waals surface area contributed by atoms with Crippen molar-refractivity contribution in [1.29, 1.82) is 0 Å². The highest BCUT2D eigenvalue weighted by Gasteiger charge is 2.43. The fraction of sp³-hybridized carbons (Fsp3) is 0.745. The minimum Gasteiger partial charge on any atom is -0.414 e. The largest absolute Gasteiger partial charge is 0.414 e. The average molecular weight is 794 g/mol. The zero-order valence-electron chi connectivity index (χ0n) is 36.8. The van der Waals surface area contributed by atoms with Crippen LogP contribution in [0.15, 0.2) is 65.8 Å². The lowest BCUT2D eigenvalue weighted by atomic mass is 9.79. The molecule has 56 heavy (non-hydrogen) atoms. The zero-order valence-corrected chi connectivity index (χ0v) is 37.8. The number of hydrogen-bond acceptors (Lipinski definition) is 6. The molecular formula is C47H79N3O5Si. The highest BCUT2D eigenvalue weighted by atomic mass is 28.4. The van der Waals surface area contributed by atoms with E-state index in [1.165, 1.54) is 64.2 Å². The quantitative estimate of drug-likeness (QED) is 0.0281. The highest BCUT2D eigenvalue weighted by molar-refractivity contribution is 6.74. The minimum atomic E-state index is -1.96. The van der Waals surface area contributed by atoms with E-state index in [2.05, 4.69) is 95.9 Å². The van der Waals surface area contributed by atoms with E-state index in [1.807, 2.05) is 36.4 Å². The van der Waals surface area contributed by atoms with Gasteiger partial charge in [0.2, 0.25) is 0 Å². The van der Waals surface area contributed by atoms with Crippen LogP contribution in [0, 0.1) is 17.8 Å². The fourth-order valence-corrected chi connectivity index (χ4v) is 8.38. The van der Waals surface area contributed by atoms with Crippen molar-refractivity contribution in [2.24, 2.45) is 22.9 Å². The molecule has 1 aliphatic heterocycles. The van der Waals surface area contributed by atoms with Gasteiger partial charge in [0.05, 0.1) is 50.8 Å². The maximum absolute atomic E-state index is 9.93. The maximum atomic E-state index is 9.93. The molecule has 0 aromatic heterocycles. The molecule has 0 bridgehead atoms. The van der Waals surface area contributed by atoms with Crippen LogP contribution in [-0.2, 0) is 36.6 Å². The summed E-state index contributed by atoms with van der Waals surface area (Å²) >= 11 is 0. The number of ether oxygens (including phenoxy) is 4. The van der Waals surface area contributed by atoms with E-state index in [9.17, 15) is 5.53 Å². The molecule has 1 fully saturated rings. The van der Waals surface area contributed by atoms with Gasteiger partial charge < -0.3 is 23.4 Å². The summed E-state index contributed by atoms with van der Waals surface area (Å²) in [7, 11) is -1.96. The molecule has 9 heteroatoms. The van der Waals surface area contributed by atoms with Crippen molar-refractivity contribution in [3.63, 3.8) is 0 Å². The van der Waals surface area contributed by atoms with E-state index in [0.717, 1.165) is 30.4 Å². The molecule has 0 spiro atoms. The second kappa shape index (κ2) is 26.0. The van der Waals surface area contributed by atoms with Gasteiger partial charge in [0.1, 0.15) is 0 Å². The smallest absolute Gasteiger partial charge is 0.192 e. The number of hydrogen-bond donors (Lipinski definition) is 0. The van der Waals surface area contributed by atoms with Crippen LogP contribution in [0.3, 0.4) is 0 Å². The van der Waals surface area contributed by atoms with Gasteiger partial charge in [-0.3, -0.25) is 0 Å². The van der Waals surface area contributed by atoms with Crippen LogP contribution >= 0.6 is 0 Å². The SMILES string of the molecule is CCCCCCCCCCCCCC[C@@H](OCc1ccccc1)[C@@H](OCc1ccccc1)[C@H](CO[C@@H]1OC(CO[Si](C)(C)C(C)(C)C)[C@H](C)[C@H](C)C1C)N=[N+]=[N-]. The maximum Gasteiger partial charge on any atom is 0.192 e. The van der Waals surface area contributed by atoms with Gasteiger partial charge >= 0.3 is 0 Å². The Morgan fingerprint density at radius 2 is 1.25 bits per heavy atom. The first-order valence-electron chi connectivity index (χ1n) is 22.1. The predicted octanol–water partition coefficient (Wildman–Crippen LogP) is 13.6. The summed E-state index contributed by atoms with van der Waals surface area (Å²) in [5.74, 6) is 0.823. The van der Waals surface area contributed by atoms with Gasteiger partial charge in [-0.25, -0.2) is 0 Å². The van der Waals surface area contributed by atoms with Gasteiger partial charge in [-0.05, 0) is 53.0 Å². The molecule has 1 heterocycles. The van der Waals surface area contributed by atoms with Crippen LogP contribution in [0.4, 0.5) is 0 Å². The molecule has 0 radical (unpaired) electrons. The Balaban J connectivity index is 1.74. The molecule has 8 nitrogen and oxygen atoms in total. The molecule has 8 atom stereocenters. The monoisotopic (exact) mass is 794 g/mol. The summed E-state index contributed by atoms with van der Waals surface area (Å²) < 4.78 is 33.5. The molecule has 2 aromatic rings. The van der Waals surface area contributed by atoms with Crippen molar-refractivity contribution >= 4 is 8.32 Å². The van der Waals surface area contributed by atoms with Crippen molar-refractivity contribution in [3.8, 4) is 0 Å². The van der Waals surface area contributed by atoms with Crippen LogP contribution in [0.2, 0.25) is 18.1 Å². The Morgan fingerprint density at radius 3 is 1.77 bits per heavy atom. The lowest BCUT2D eigenvalue weighted by Gasteiger charge is -2.45. The summed E-state index contributed by atoms with van der Waals surface area (Å²) in [6.07, 6.45) is 14.9. The first kappa shape index (κ1) is 48.1. The topological polar surface area (TPSA) is 94.9 Å². The van der Waals surface area contributed by atoms with Gasteiger partial charge in [-0.15, -0.1) is 0 Å². The highest BCUT2D eigenvalue weighted by Crippen LogP contribution is 2.40. The molecular weight excluding hydrogens is 715 g/mol. The lowest BCUT2D eigenvalue weighted by molar-refractivity contribution is -0.257. The fourth-order valence-electron chi connectivity index (χ4n) is 7.37. The van der Waals surface area contributed by atoms with Crippen LogP contribution in [0.5, 0.6) is 0 Å². The third kappa shape index (κ3) is 16.9. The van der Waals surface area contributed by atoms with Crippen molar-refractivity contribution in [2.45, 2.75) is 194 Å². The van der Waals surface area contributed by atoms with E-state index < -0.39 is 26.8 Å². The van der Waals surface area contributed by atoms with Crippen molar-refractivity contribution < 1.29 is 23.4 Å². The normalized spacial score (nSPS) is 22.0. The molecule has 2 aromatic carbocycles. The molecule has 0 aliphatic carbocycles. The number of azide groups is 1. The number of nitrogens with zero attached hydrogens (tertiary/aromatic N) is 3. The van der Waals surface area contributed by atoms with Gasteiger partial charge in [-0.2, -0.15) is 0 Å². The summed E-state index contributed by atoms with van der Waals surface area (Å²) in [6.45, 7) is 21.9. The van der Waals surface area contributed by atoms with Gasteiger partial charge in [-0.1, -0.05) is 191 Å². The third-order valence-electron chi connectivity index (χ3n) is 12.7. The van der Waals surface area contributed by atoms with Crippen LogP contribution in [0.1, 0.15) is 143 Å². The Kier molecular flexibility index (Phi) is 22.3. The molecule has 1 saturated heterocycles. The predicted molar refractivity (Wildman–Crippen MR) is 234 cm³/mol. The second-order valence-corrected chi connectivity index (χ2v) is 22.9. The standard InChI is InChI=1S/C47H79N3O5Si/c1-10-11-12-13-14-15-16-17-18-19-20-27-32-43(51-33-40-28-23-21-24-29-40)45(52-34-41-30-25-22-26-31-41)42(49-50-48)35-53-46-39(4)37(2)38(3)44(55-46)36-54-56(8,9)47(5,6)7/h21-26,28-31,37-39,42-46H,10-20,27,32-36H2,1-9H3/t37-,38+,39?,42-,43+,44?,45-,46+/m0/s1. The van der Waals surface area contributed by atoms with E-state index in [1.54, 1.807) is 0 Å². The molecule has 1 aliphatic rings. The summed E-state index contributed by atoms with van der Waals surface area (Å²) in [5, 5.41) is 4.47. The molecule has 316 valence electrons. The van der Waals surface area contributed by atoms with Crippen molar-refractivity contribution in [1.82, 2.24) is 0 Å². The molecule has 0 N–H and O–H groups in total. The van der Waals surface area contributed by atoms with E-state index >= 15 is 0 Å².